The molecule has 1 aromatic carbocycles. The summed E-state index contributed by atoms with van der Waals surface area (Å²) in [6.07, 6.45) is 0.488. The Hall–Kier alpha value is -1.40. The van der Waals surface area contributed by atoms with Gasteiger partial charge < -0.3 is 19.9 Å². The first-order valence-corrected chi connectivity index (χ1v) is 12.4. The Labute approximate surface area is 211 Å². The van der Waals surface area contributed by atoms with Crippen LogP contribution in [0.1, 0.15) is 27.2 Å². The molecule has 2 amide bonds. The fourth-order valence-electron chi connectivity index (χ4n) is 4.92. The predicted octanol–water partition coefficient (Wildman–Crippen LogP) is 5.16. The number of hydrogen-bond acceptors (Lipinski definition) is 5. The zero-order valence-electron chi connectivity index (χ0n) is 17.5. The fourth-order valence-corrected chi connectivity index (χ4v) is 5.99. The predicted molar refractivity (Wildman–Crippen MR) is 132 cm³/mol. The minimum atomic E-state index is -0.589. The lowest BCUT2D eigenvalue weighted by molar-refractivity contribution is -0.115. The van der Waals surface area contributed by atoms with Gasteiger partial charge in [-0.2, -0.15) is 0 Å². The van der Waals surface area contributed by atoms with Gasteiger partial charge in [-0.3, -0.25) is 4.79 Å². The molecule has 1 saturated carbocycles. The van der Waals surface area contributed by atoms with E-state index >= 15 is 4.39 Å². The molecule has 3 fully saturated rings. The first-order valence-electron chi connectivity index (χ1n) is 10.2. The second kappa shape index (κ2) is 7.56. The van der Waals surface area contributed by atoms with Crippen molar-refractivity contribution in [2.24, 2.45) is 5.92 Å². The molecule has 1 N–H and O–H groups in total. The number of pyridine rings is 1. The third kappa shape index (κ3) is 3.44. The van der Waals surface area contributed by atoms with Crippen LogP contribution in [0.2, 0.25) is 5.15 Å². The van der Waals surface area contributed by atoms with Gasteiger partial charge in [-0.05, 0) is 71.8 Å². The number of carbonyl (C=O) groups excluding carboxylic acids is 2. The van der Waals surface area contributed by atoms with Crippen LogP contribution in [0.4, 0.5) is 20.6 Å². The van der Waals surface area contributed by atoms with E-state index in [2.05, 4.69) is 48.8 Å². The molecule has 0 spiro atoms. The maximum atomic E-state index is 15.1. The minimum absolute atomic E-state index is 0.0354. The van der Waals surface area contributed by atoms with E-state index in [9.17, 15) is 9.59 Å². The van der Waals surface area contributed by atoms with E-state index in [1.807, 2.05) is 31.7 Å². The van der Waals surface area contributed by atoms with Gasteiger partial charge in [0.05, 0.1) is 28.8 Å². The summed E-state index contributed by atoms with van der Waals surface area (Å²) in [5.74, 6) is -0.531. The molecule has 4 heterocycles. The molecule has 32 heavy (non-hydrogen) atoms. The normalized spacial score (nSPS) is 24.3. The Morgan fingerprint density at radius 2 is 2.16 bits per heavy atom. The quantitative estimate of drug-likeness (QED) is 0.266. The van der Waals surface area contributed by atoms with Crippen molar-refractivity contribution in [1.29, 1.82) is 0 Å². The SMILES string of the molecule is CC(C)(C)OC(=O)N1CC2CC1C2N1CC(=O)Nc2c(Cl)nc3c(F)c(Br)c(I)cc3c21. The van der Waals surface area contributed by atoms with E-state index in [1.54, 1.807) is 4.90 Å². The van der Waals surface area contributed by atoms with E-state index in [0.29, 0.717) is 31.3 Å². The van der Waals surface area contributed by atoms with Gasteiger partial charge in [0.25, 0.3) is 0 Å². The Balaban J connectivity index is 1.59. The van der Waals surface area contributed by atoms with Crippen LogP contribution in [0.15, 0.2) is 10.5 Å². The highest BCUT2D eigenvalue weighted by atomic mass is 127. The summed E-state index contributed by atoms with van der Waals surface area (Å²) in [6, 6.07) is 1.66. The van der Waals surface area contributed by atoms with Crippen LogP contribution in [0.5, 0.6) is 0 Å². The van der Waals surface area contributed by atoms with Crippen LogP contribution >= 0.6 is 50.1 Å². The molecule has 11 heteroatoms. The zero-order valence-corrected chi connectivity index (χ0v) is 22.0. The smallest absolute Gasteiger partial charge is 0.410 e. The molecule has 6 rings (SSSR count). The maximum Gasteiger partial charge on any atom is 0.410 e. The number of fused-ring (bicyclic) bond motifs is 4. The molecule has 3 atom stereocenters. The van der Waals surface area contributed by atoms with Crippen molar-refractivity contribution in [2.75, 3.05) is 23.3 Å². The molecule has 1 aliphatic carbocycles. The van der Waals surface area contributed by atoms with E-state index in [0.717, 1.165) is 6.42 Å². The van der Waals surface area contributed by atoms with Gasteiger partial charge >= 0.3 is 6.09 Å². The van der Waals surface area contributed by atoms with Gasteiger partial charge in [0.15, 0.2) is 11.0 Å². The fraction of sp³-hybridized carbons (Fsp3) is 0.476. The highest BCUT2D eigenvalue weighted by Gasteiger charge is 2.58. The van der Waals surface area contributed by atoms with Crippen LogP contribution < -0.4 is 10.2 Å². The monoisotopic (exact) mass is 636 g/mol. The summed E-state index contributed by atoms with van der Waals surface area (Å²) >= 11 is 11.7. The summed E-state index contributed by atoms with van der Waals surface area (Å²) in [5.41, 5.74) is 0.573. The maximum absolute atomic E-state index is 15.1. The van der Waals surface area contributed by atoms with Gasteiger partial charge in [-0.25, -0.2) is 14.2 Å². The largest absolute Gasteiger partial charge is 0.444 e. The van der Waals surface area contributed by atoms with Crippen molar-refractivity contribution >= 4 is 84.4 Å². The number of hydrogen-bond donors (Lipinski definition) is 1. The van der Waals surface area contributed by atoms with Crippen LogP contribution in [0.25, 0.3) is 10.9 Å². The van der Waals surface area contributed by atoms with Crippen molar-refractivity contribution in [3.05, 3.63) is 25.1 Å². The van der Waals surface area contributed by atoms with Gasteiger partial charge in [-0.1, -0.05) is 11.6 Å². The van der Waals surface area contributed by atoms with Crippen LogP contribution in [0, 0.1) is 15.3 Å². The van der Waals surface area contributed by atoms with E-state index < -0.39 is 11.4 Å². The summed E-state index contributed by atoms with van der Waals surface area (Å²) in [6.45, 7) is 6.17. The molecule has 2 aromatic rings. The van der Waals surface area contributed by atoms with Crippen LogP contribution in [-0.4, -0.2) is 52.7 Å². The van der Waals surface area contributed by atoms with E-state index in [4.69, 9.17) is 16.3 Å². The van der Waals surface area contributed by atoms with E-state index in [-0.39, 0.29) is 47.2 Å². The Bertz CT molecular complexity index is 1190. The third-order valence-corrected chi connectivity index (χ3v) is 8.79. The second-order valence-electron chi connectivity index (χ2n) is 9.37. The van der Waals surface area contributed by atoms with Gasteiger partial charge in [0.2, 0.25) is 5.91 Å². The Morgan fingerprint density at radius 1 is 1.44 bits per heavy atom. The van der Waals surface area contributed by atoms with E-state index in [1.165, 1.54) is 0 Å². The number of amides is 2. The molecule has 4 aliphatic rings. The molecule has 7 nitrogen and oxygen atoms in total. The highest BCUT2D eigenvalue weighted by Crippen LogP contribution is 2.51. The third-order valence-electron chi connectivity index (χ3n) is 6.15. The molecular weight excluding hydrogens is 618 g/mol. The van der Waals surface area contributed by atoms with Gasteiger partial charge in [0, 0.05) is 21.4 Å². The number of benzene rings is 1. The lowest BCUT2D eigenvalue weighted by Crippen LogP contribution is -2.59. The number of aromatic nitrogens is 1. The lowest BCUT2D eigenvalue weighted by Gasteiger charge is -2.47. The number of ether oxygens (including phenoxy) is 1. The Morgan fingerprint density at radius 3 is 2.84 bits per heavy atom. The van der Waals surface area contributed by atoms with Gasteiger partial charge in [0.1, 0.15) is 16.8 Å². The average molecular weight is 638 g/mol. The minimum Gasteiger partial charge on any atom is -0.444 e. The second-order valence-corrected chi connectivity index (χ2v) is 11.7. The number of nitrogens with zero attached hydrogens (tertiary/aromatic N) is 3. The molecule has 1 aromatic heterocycles. The molecule has 170 valence electrons. The summed E-state index contributed by atoms with van der Waals surface area (Å²) in [5, 5.41) is 3.41. The number of halogens is 4. The average Bonchev–Trinajstić information content (AvgIpc) is 3.27. The zero-order chi connectivity index (χ0) is 23.1. The van der Waals surface area contributed by atoms with Crippen molar-refractivity contribution in [3.8, 4) is 0 Å². The molecule has 0 radical (unpaired) electrons. The van der Waals surface area contributed by atoms with Crippen molar-refractivity contribution < 1.29 is 18.7 Å². The van der Waals surface area contributed by atoms with Crippen molar-refractivity contribution in [1.82, 2.24) is 9.88 Å². The van der Waals surface area contributed by atoms with Crippen molar-refractivity contribution in [2.45, 2.75) is 44.9 Å². The first-order chi connectivity index (χ1) is 15.0. The lowest BCUT2D eigenvalue weighted by atomic mass is 9.78. The molecule has 3 unspecified atom stereocenters. The van der Waals surface area contributed by atoms with Gasteiger partial charge in [-0.15, -0.1) is 0 Å². The summed E-state index contributed by atoms with van der Waals surface area (Å²) in [7, 11) is 0. The number of carbonyl (C=O) groups is 2. The number of nitrogens with one attached hydrogen (secondary N) is 1. The summed E-state index contributed by atoms with van der Waals surface area (Å²) < 4.78 is 21.6. The number of anilines is 2. The molecule has 2 saturated heterocycles. The molecule has 2 bridgehead atoms. The van der Waals surface area contributed by atoms with Crippen LogP contribution in [-0.2, 0) is 9.53 Å². The summed E-state index contributed by atoms with van der Waals surface area (Å²) in [4.78, 5) is 33.3. The number of rotatable bonds is 1. The molecular formula is C21H20BrClFIN4O3. The molecule has 3 aliphatic heterocycles. The first kappa shape index (κ1) is 22.4. The standard InChI is InChI=1S/C21H20BrClFIN4O3/c1-21(2,3)32-20(31)28-6-8-4-11(28)17(8)29-7-12(30)26-16-18(29)9-5-10(25)13(22)14(24)15(9)27-19(16)23/h5,8,11,17H,4,6-7H2,1-3H3,(H,26,30). The van der Waals surface area contributed by atoms with Crippen LogP contribution in [0.3, 0.4) is 0 Å². The topological polar surface area (TPSA) is 74.8 Å². The highest BCUT2D eigenvalue weighted by molar-refractivity contribution is 14.1. The van der Waals surface area contributed by atoms with Crippen molar-refractivity contribution in [3.63, 3.8) is 0 Å². The Kier molecular flexibility index (Phi) is 5.29.